The maximum Gasteiger partial charge on any atom is 0.243 e. The topological polar surface area (TPSA) is 78.5 Å². The zero-order valence-corrected chi connectivity index (χ0v) is 14.3. The van der Waals surface area contributed by atoms with Gasteiger partial charge < -0.3 is 15.5 Å². The fourth-order valence-electron chi connectivity index (χ4n) is 2.99. The molecule has 1 aliphatic carbocycles. The third-order valence-electron chi connectivity index (χ3n) is 4.22. The van der Waals surface area contributed by atoms with Crippen LogP contribution in [-0.2, 0) is 14.4 Å². The van der Waals surface area contributed by atoms with E-state index in [1.165, 1.54) is 6.92 Å². The van der Waals surface area contributed by atoms with Crippen LogP contribution in [0.5, 0.6) is 0 Å². The number of nitrogens with zero attached hydrogens (tertiary/aromatic N) is 1. The van der Waals surface area contributed by atoms with Gasteiger partial charge >= 0.3 is 0 Å². The molecule has 6 nitrogen and oxygen atoms in total. The third-order valence-corrected chi connectivity index (χ3v) is 4.22. The quantitative estimate of drug-likeness (QED) is 0.841. The Hall–Kier alpha value is -2.37. The van der Waals surface area contributed by atoms with Gasteiger partial charge in [0.25, 0.3) is 0 Å². The van der Waals surface area contributed by atoms with Gasteiger partial charge in [-0.1, -0.05) is 12.8 Å². The summed E-state index contributed by atoms with van der Waals surface area (Å²) in [6.07, 6.45) is 4.06. The Labute approximate surface area is 142 Å². The largest absolute Gasteiger partial charge is 0.333 e. The third kappa shape index (κ3) is 5.08. The smallest absolute Gasteiger partial charge is 0.243 e. The maximum atomic E-state index is 12.4. The lowest BCUT2D eigenvalue weighted by molar-refractivity contribution is -0.138. The molecule has 6 heteroatoms. The number of amides is 3. The zero-order chi connectivity index (χ0) is 17.5. The van der Waals surface area contributed by atoms with Crippen molar-refractivity contribution in [3.8, 4) is 0 Å². The van der Waals surface area contributed by atoms with Gasteiger partial charge in [0.05, 0.1) is 6.54 Å². The first-order valence-electron chi connectivity index (χ1n) is 8.46. The predicted molar refractivity (Wildman–Crippen MR) is 93.6 cm³/mol. The molecule has 24 heavy (non-hydrogen) atoms. The van der Waals surface area contributed by atoms with Crippen molar-refractivity contribution in [1.82, 2.24) is 4.90 Å². The normalized spacial score (nSPS) is 14.2. The molecule has 2 N–H and O–H groups in total. The van der Waals surface area contributed by atoms with E-state index in [-0.39, 0.29) is 30.2 Å². The first kappa shape index (κ1) is 18.0. The van der Waals surface area contributed by atoms with Gasteiger partial charge in [-0.05, 0) is 44.0 Å². The molecule has 1 aliphatic rings. The Kier molecular flexibility index (Phi) is 6.35. The Balaban J connectivity index is 1.88. The summed E-state index contributed by atoms with van der Waals surface area (Å²) in [7, 11) is 0. The number of carbonyl (C=O) groups is 3. The number of rotatable bonds is 6. The van der Waals surface area contributed by atoms with Gasteiger partial charge in [0.2, 0.25) is 17.7 Å². The average Bonchev–Trinajstić information content (AvgIpc) is 3.08. The second-order valence-corrected chi connectivity index (χ2v) is 6.14. The van der Waals surface area contributed by atoms with E-state index in [0.717, 1.165) is 25.7 Å². The van der Waals surface area contributed by atoms with E-state index in [9.17, 15) is 14.4 Å². The van der Waals surface area contributed by atoms with Crippen molar-refractivity contribution < 1.29 is 14.4 Å². The van der Waals surface area contributed by atoms with E-state index in [4.69, 9.17) is 0 Å². The molecule has 0 bridgehead atoms. The van der Waals surface area contributed by atoms with Gasteiger partial charge in [-0.15, -0.1) is 0 Å². The molecule has 0 radical (unpaired) electrons. The molecule has 0 atom stereocenters. The predicted octanol–water partition coefficient (Wildman–Crippen LogP) is 2.62. The van der Waals surface area contributed by atoms with Crippen LogP contribution in [0.4, 0.5) is 11.4 Å². The van der Waals surface area contributed by atoms with Crippen LogP contribution < -0.4 is 10.6 Å². The van der Waals surface area contributed by atoms with Gasteiger partial charge in [-0.2, -0.15) is 0 Å². The summed E-state index contributed by atoms with van der Waals surface area (Å²) in [4.78, 5) is 37.2. The molecule has 0 unspecified atom stereocenters. The molecule has 0 aromatic heterocycles. The van der Waals surface area contributed by atoms with Crippen LogP contribution in [0.1, 0.15) is 39.5 Å². The van der Waals surface area contributed by atoms with Crippen molar-refractivity contribution in [1.29, 1.82) is 0 Å². The van der Waals surface area contributed by atoms with E-state index in [1.807, 2.05) is 6.92 Å². The van der Waals surface area contributed by atoms with Gasteiger partial charge in [0.15, 0.2) is 0 Å². The Morgan fingerprint density at radius 1 is 1.04 bits per heavy atom. The van der Waals surface area contributed by atoms with E-state index in [0.29, 0.717) is 17.9 Å². The zero-order valence-electron chi connectivity index (χ0n) is 14.3. The summed E-state index contributed by atoms with van der Waals surface area (Å²) >= 11 is 0. The van der Waals surface area contributed by atoms with Crippen molar-refractivity contribution in [3.63, 3.8) is 0 Å². The number of anilines is 2. The molecule has 0 aliphatic heterocycles. The number of benzene rings is 1. The van der Waals surface area contributed by atoms with Crippen LogP contribution in [0.2, 0.25) is 0 Å². The maximum absolute atomic E-state index is 12.4. The summed E-state index contributed by atoms with van der Waals surface area (Å²) in [6, 6.07) is 6.88. The van der Waals surface area contributed by atoms with Crippen LogP contribution >= 0.6 is 0 Å². The summed E-state index contributed by atoms with van der Waals surface area (Å²) in [6.45, 7) is 3.93. The molecule has 1 aromatic carbocycles. The highest BCUT2D eigenvalue weighted by Crippen LogP contribution is 2.26. The molecule has 130 valence electrons. The number of nitrogens with one attached hydrogen (secondary N) is 2. The fraction of sp³-hybridized carbons (Fsp3) is 0.500. The minimum atomic E-state index is -0.213. The SMILES string of the molecule is CCN(CC(=O)Nc1ccc(NC(C)=O)cc1)C(=O)C1CCCC1. The average molecular weight is 331 g/mol. The highest BCUT2D eigenvalue weighted by Gasteiger charge is 2.27. The van der Waals surface area contributed by atoms with Crippen LogP contribution in [0.3, 0.4) is 0 Å². The summed E-state index contributed by atoms with van der Waals surface area (Å²) in [5.41, 5.74) is 1.31. The van der Waals surface area contributed by atoms with Gasteiger partial charge in [-0.25, -0.2) is 0 Å². The second kappa shape index (κ2) is 8.47. The number of carbonyl (C=O) groups excluding carboxylic acids is 3. The highest BCUT2D eigenvalue weighted by molar-refractivity contribution is 5.95. The summed E-state index contributed by atoms with van der Waals surface area (Å²) in [5, 5.41) is 5.46. The number of hydrogen-bond donors (Lipinski definition) is 2. The number of hydrogen-bond acceptors (Lipinski definition) is 3. The highest BCUT2D eigenvalue weighted by atomic mass is 16.2. The molecule has 0 spiro atoms. The van der Waals surface area contributed by atoms with Crippen LogP contribution in [0, 0.1) is 5.92 Å². The summed E-state index contributed by atoms with van der Waals surface area (Å²) < 4.78 is 0. The summed E-state index contributed by atoms with van der Waals surface area (Å²) in [5.74, 6) is -0.188. The van der Waals surface area contributed by atoms with Gasteiger partial charge in [-0.3, -0.25) is 14.4 Å². The standard InChI is InChI=1S/C18H25N3O3/c1-3-21(18(24)14-6-4-5-7-14)12-17(23)20-16-10-8-15(9-11-16)19-13(2)22/h8-11,14H,3-7,12H2,1-2H3,(H,19,22)(H,20,23). The lowest BCUT2D eigenvalue weighted by Gasteiger charge is -2.23. The minimum absolute atomic E-state index is 0.0687. The van der Waals surface area contributed by atoms with Crippen molar-refractivity contribution in [2.24, 2.45) is 5.92 Å². The first-order chi connectivity index (χ1) is 11.5. The van der Waals surface area contributed by atoms with Crippen LogP contribution in [-0.4, -0.2) is 35.7 Å². The second-order valence-electron chi connectivity index (χ2n) is 6.14. The monoisotopic (exact) mass is 331 g/mol. The lowest BCUT2D eigenvalue weighted by Crippen LogP contribution is -2.40. The van der Waals surface area contributed by atoms with Gasteiger partial charge in [0.1, 0.15) is 0 Å². The molecular weight excluding hydrogens is 306 g/mol. The molecule has 2 rings (SSSR count). The number of likely N-dealkylation sites (N-methyl/N-ethyl adjacent to an activating group) is 1. The van der Waals surface area contributed by atoms with E-state index >= 15 is 0 Å². The molecule has 1 aromatic rings. The van der Waals surface area contributed by atoms with Crippen molar-refractivity contribution in [3.05, 3.63) is 24.3 Å². The Morgan fingerprint density at radius 2 is 1.58 bits per heavy atom. The Bertz CT molecular complexity index is 592. The van der Waals surface area contributed by atoms with Crippen LogP contribution in [0.15, 0.2) is 24.3 Å². The molecule has 3 amide bonds. The minimum Gasteiger partial charge on any atom is -0.333 e. The van der Waals surface area contributed by atoms with E-state index in [2.05, 4.69) is 10.6 Å². The molecule has 1 fully saturated rings. The van der Waals surface area contributed by atoms with Crippen LogP contribution in [0.25, 0.3) is 0 Å². The Morgan fingerprint density at radius 3 is 2.08 bits per heavy atom. The van der Waals surface area contributed by atoms with Crippen molar-refractivity contribution >= 4 is 29.1 Å². The first-order valence-corrected chi connectivity index (χ1v) is 8.46. The van der Waals surface area contributed by atoms with Gasteiger partial charge in [0, 0.05) is 30.8 Å². The molecule has 1 saturated carbocycles. The molecule has 0 heterocycles. The molecule has 0 saturated heterocycles. The van der Waals surface area contributed by atoms with E-state index in [1.54, 1.807) is 29.2 Å². The lowest BCUT2D eigenvalue weighted by atomic mass is 10.1. The van der Waals surface area contributed by atoms with E-state index < -0.39 is 0 Å². The van der Waals surface area contributed by atoms with Crippen molar-refractivity contribution in [2.75, 3.05) is 23.7 Å². The van der Waals surface area contributed by atoms with Crippen molar-refractivity contribution in [2.45, 2.75) is 39.5 Å². The molecular formula is C18H25N3O3. The fourth-order valence-corrected chi connectivity index (χ4v) is 2.99.